The second kappa shape index (κ2) is 14.8. The molecule has 47 heavy (non-hydrogen) atoms. The minimum atomic E-state index is -0.346. The van der Waals surface area contributed by atoms with Crippen LogP contribution in [-0.4, -0.2) is 42.1 Å². The quantitative estimate of drug-likeness (QED) is 0.138. The van der Waals surface area contributed by atoms with Gasteiger partial charge in [-0.2, -0.15) is 9.78 Å². The molecule has 1 aromatic heterocycles. The molecule has 11 heteroatoms. The van der Waals surface area contributed by atoms with E-state index < -0.39 is 0 Å². The molecule has 9 nitrogen and oxygen atoms in total. The lowest BCUT2D eigenvalue weighted by Crippen LogP contribution is -2.21. The molecule has 0 atom stereocenters. The largest absolute Gasteiger partial charge is 0.496 e. The Morgan fingerprint density at radius 2 is 1.77 bits per heavy atom. The molecule has 5 aromatic rings. The van der Waals surface area contributed by atoms with Gasteiger partial charge in [0.2, 0.25) is 0 Å². The number of aromatic nitrogens is 2. The highest BCUT2D eigenvalue weighted by Crippen LogP contribution is 2.35. The molecule has 5 rings (SSSR count). The Hall–Kier alpha value is -4.67. The lowest BCUT2D eigenvalue weighted by molar-refractivity contribution is -0.118. The standard InChI is InChI=1S/C36H34BrClN4O5/c1-6-46-32-16-23(29(37)18-33(32)47-20-34(43)40-25-13-11-24(38)12-14-25)19-39-42-35(41-30-10-8-7-9-26(30)36(42)44)28-17-27(21(2)3)31(45-5)15-22(28)4/h7-19,21H,6,20H2,1-5H3,(H,40,43). The average molecular weight is 718 g/mol. The summed E-state index contributed by atoms with van der Waals surface area (Å²) in [6.07, 6.45) is 1.56. The molecule has 4 aromatic carbocycles. The van der Waals surface area contributed by atoms with Gasteiger partial charge in [-0.3, -0.25) is 9.59 Å². The number of carbonyl (C=O) groups excluding carboxylic acids is 1. The van der Waals surface area contributed by atoms with Gasteiger partial charge in [0.15, 0.2) is 23.9 Å². The molecular weight excluding hydrogens is 684 g/mol. The Balaban J connectivity index is 1.52. The predicted octanol–water partition coefficient (Wildman–Crippen LogP) is 8.22. The molecule has 0 aliphatic rings. The maximum absolute atomic E-state index is 13.9. The summed E-state index contributed by atoms with van der Waals surface area (Å²) in [5.41, 5.74) is 4.13. The van der Waals surface area contributed by atoms with Gasteiger partial charge in [-0.05, 0) is 107 Å². The number of halogens is 2. The number of rotatable bonds is 11. The monoisotopic (exact) mass is 716 g/mol. The van der Waals surface area contributed by atoms with Gasteiger partial charge < -0.3 is 19.5 Å². The van der Waals surface area contributed by atoms with Crippen molar-refractivity contribution in [2.75, 3.05) is 25.6 Å². The minimum absolute atomic E-state index is 0.172. The zero-order valence-electron chi connectivity index (χ0n) is 26.6. The molecule has 242 valence electrons. The van der Waals surface area contributed by atoms with Gasteiger partial charge in [-0.15, -0.1) is 0 Å². The molecule has 0 saturated carbocycles. The van der Waals surface area contributed by atoms with E-state index in [1.165, 1.54) is 4.68 Å². The van der Waals surface area contributed by atoms with Crippen molar-refractivity contribution >= 4 is 56.2 Å². The molecular formula is C36H34BrClN4O5. The van der Waals surface area contributed by atoms with Crippen molar-refractivity contribution in [1.82, 2.24) is 9.66 Å². The first kappa shape index (κ1) is 33.7. The van der Waals surface area contributed by atoms with Crippen LogP contribution in [0.5, 0.6) is 17.2 Å². The smallest absolute Gasteiger partial charge is 0.282 e. The fourth-order valence-electron chi connectivity index (χ4n) is 5.00. The highest BCUT2D eigenvalue weighted by Gasteiger charge is 2.19. The fourth-order valence-corrected chi connectivity index (χ4v) is 5.55. The highest BCUT2D eigenvalue weighted by atomic mass is 79.9. The van der Waals surface area contributed by atoms with Crippen LogP contribution < -0.4 is 25.1 Å². The molecule has 0 fully saturated rings. The molecule has 0 spiro atoms. The number of amides is 1. The molecule has 1 heterocycles. The van der Waals surface area contributed by atoms with E-state index >= 15 is 0 Å². The molecule has 0 unspecified atom stereocenters. The number of anilines is 1. The number of nitrogens with one attached hydrogen (secondary N) is 1. The maximum Gasteiger partial charge on any atom is 0.282 e. The van der Waals surface area contributed by atoms with Crippen molar-refractivity contribution in [2.24, 2.45) is 5.10 Å². The summed E-state index contributed by atoms with van der Waals surface area (Å²) in [4.78, 5) is 31.3. The third kappa shape index (κ3) is 7.66. The summed E-state index contributed by atoms with van der Waals surface area (Å²) in [5, 5.41) is 8.45. The first-order valence-corrected chi connectivity index (χ1v) is 16.2. The van der Waals surface area contributed by atoms with Crippen LogP contribution in [0.2, 0.25) is 5.02 Å². The Morgan fingerprint density at radius 3 is 2.47 bits per heavy atom. The van der Waals surface area contributed by atoms with Crippen molar-refractivity contribution in [3.8, 4) is 28.6 Å². The topological polar surface area (TPSA) is 104 Å². The van der Waals surface area contributed by atoms with E-state index in [2.05, 4.69) is 40.2 Å². The maximum atomic E-state index is 13.9. The van der Waals surface area contributed by atoms with Gasteiger partial charge in [0, 0.05) is 26.3 Å². The van der Waals surface area contributed by atoms with Crippen molar-refractivity contribution in [2.45, 2.75) is 33.6 Å². The second-order valence-corrected chi connectivity index (χ2v) is 12.3. The first-order chi connectivity index (χ1) is 22.6. The van der Waals surface area contributed by atoms with E-state index in [0.29, 0.717) is 55.6 Å². The van der Waals surface area contributed by atoms with Gasteiger partial charge in [0.1, 0.15) is 5.75 Å². The first-order valence-electron chi connectivity index (χ1n) is 15.0. The SMILES string of the molecule is CCOc1cc(C=Nn2c(-c3cc(C(C)C)c(OC)cc3C)nc3ccccc3c2=O)c(Br)cc1OCC(=O)Nc1ccc(Cl)cc1. The van der Waals surface area contributed by atoms with Gasteiger partial charge in [-0.25, -0.2) is 4.98 Å². The van der Waals surface area contributed by atoms with E-state index in [4.69, 9.17) is 30.8 Å². The number of hydrogen-bond donors (Lipinski definition) is 1. The highest BCUT2D eigenvalue weighted by molar-refractivity contribution is 9.10. The van der Waals surface area contributed by atoms with Crippen molar-refractivity contribution < 1.29 is 19.0 Å². The molecule has 0 aliphatic heterocycles. The van der Waals surface area contributed by atoms with Gasteiger partial charge in [-0.1, -0.05) is 37.6 Å². The fraction of sp³-hybridized carbons (Fsp3) is 0.222. The minimum Gasteiger partial charge on any atom is -0.496 e. The summed E-state index contributed by atoms with van der Waals surface area (Å²) in [5.74, 6) is 1.78. The molecule has 0 radical (unpaired) electrons. The zero-order valence-corrected chi connectivity index (χ0v) is 29.0. The molecule has 0 saturated heterocycles. The number of hydrogen-bond acceptors (Lipinski definition) is 7. The van der Waals surface area contributed by atoms with Gasteiger partial charge >= 0.3 is 0 Å². The van der Waals surface area contributed by atoms with Gasteiger partial charge in [0.05, 0.1) is 30.8 Å². The Kier molecular flexibility index (Phi) is 10.6. The van der Waals surface area contributed by atoms with Crippen LogP contribution in [0.4, 0.5) is 5.69 Å². The summed E-state index contributed by atoms with van der Waals surface area (Å²) in [6, 6.07) is 21.4. The van der Waals surface area contributed by atoms with Gasteiger partial charge in [0.25, 0.3) is 11.5 Å². The molecule has 1 N–H and O–H groups in total. The molecule has 0 bridgehead atoms. The molecule has 1 amide bonds. The van der Waals surface area contributed by atoms with E-state index in [1.807, 2.05) is 38.1 Å². The predicted molar refractivity (Wildman–Crippen MR) is 191 cm³/mol. The van der Waals surface area contributed by atoms with Crippen molar-refractivity contribution in [3.63, 3.8) is 0 Å². The summed E-state index contributed by atoms with van der Waals surface area (Å²) in [6.45, 7) is 8.09. The average Bonchev–Trinajstić information content (AvgIpc) is 3.05. The van der Waals surface area contributed by atoms with Crippen LogP contribution >= 0.6 is 27.5 Å². The van der Waals surface area contributed by atoms with Crippen molar-refractivity contribution in [1.29, 1.82) is 0 Å². The summed E-state index contributed by atoms with van der Waals surface area (Å²) in [7, 11) is 1.65. The number of ether oxygens (including phenoxy) is 3. The normalized spacial score (nSPS) is 11.3. The van der Waals surface area contributed by atoms with Crippen LogP contribution in [0.1, 0.15) is 43.4 Å². The Labute approximate surface area is 286 Å². The number of fused-ring (bicyclic) bond motifs is 1. The number of nitrogens with zero attached hydrogens (tertiary/aromatic N) is 3. The van der Waals surface area contributed by atoms with Crippen LogP contribution in [0, 0.1) is 6.92 Å². The number of aryl methyl sites for hydroxylation is 1. The molecule has 0 aliphatic carbocycles. The second-order valence-electron chi connectivity index (χ2n) is 11.0. The van der Waals surface area contributed by atoms with Crippen molar-refractivity contribution in [3.05, 3.63) is 109 Å². The number of methoxy groups -OCH3 is 1. The number of para-hydroxylation sites is 1. The van der Waals surface area contributed by atoms with Crippen LogP contribution in [-0.2, 0) is 4.79 Å². The number of benzene rings is 4. The summed E-state index contributed by atoms with van der Waals surface area (Å²) < 4.78 is 19.3. The Morgan fingerprint density at radius 1 is 1.04 bits per heavy atom. The lowest BCUT2D eigenvalue weighted by Gasteiger charge is -2.17. The lowest BCUT2D eigenvalue weighted by atomic mass is 9.96. The third-order valence-electron chi connectivity index (χ3n) is 7.36. The third-order valence-corrected chi connectivity index (χ3v) is 8.29. The van der Waals surface area contributed by atoms with E-state index in [9.17, 15) is 9.59 Å². The van der Waals surface area contributed by atoms with E-state index in [-0.39, 0.29) is 24.0 Å². The zero-order chi connectivity index (χ0) is 33.7. The summed E-state index contributed by atoms with van der Waals surface area (Å²) >= 11 is 9.52. The van der Waals surface area contributed by atoms with Crippen LogP contribution in [0.25, 0.3) is 22.3 Å². The van der Waals surface area contributed by atoms with Crippen LogP contribution in [0.3, 0.4) is 0 Å². The van der Waals surface area contributed by atoms with E-state index in [1.54, 1.807) is 61.9 Å². The number of carbonyl (C=O) groups is 1. The Bertz CT molecular complexity index is 2030. The van der Waals surface area contributed by atoms with E-state index in [0.717, 1.165) is 22.4 Å². The van der Waals surface area contributed by atoms with Crippen LogP contribution in [0.15, 0.2) is 87.2 Å².